The van der Waals surface area contributed by atoms with Gasteiger partial charge in [-0.25, -0.2) is 0 Å². The fourth-order valence-corrected chi connectivity index (χ4v) is 1.93. The number of hydrogen-bond acceptors (Lipinski definition) is 2. The number of nitrogens with one attached hydrogen (secondary N) is 1. The molecule has 15 heavy (non-hydrogen) atoms. The minimum absolute atomic E-state index is 0.347. The van der Waals surface area contributed by atoms with Gasteiger partial charge in [-0.15, -0.1) is 0 Å². The van der Waals surface area contributed by atoms with Crippen LogP contribution in [-0.4, -0.2) is 36.5 Å². The fourth-order valence-electron chi connectivity index (χ4n) is 1.93. The Morgan fingerprint density at radius 1 is 1.27 bits per heavy atom. The monoisotopic (exact) mass is 212 g/mol. The Bertz CT molecular complexity index is 186. The van der Waals surface area contributed by atoms with Crippen molar-refractivity contribution in [2.24, 2.45) is 0 Å². The number of carbonyl (C=O) groups excluding carboxylic acids is 1. The summed E-state index contributed by atoms with van der Waals surface area (Å²) in [6.07, 6.45) is 5.35. The number of rotatable bonds is 5. The van der Waals surface area contributed by atoms with E-state index in [1.54, 1.807) is 0 Å². The average Bonchev–Trinajstić information content (AvgIpc) is 2.25. The van der Waals surface area contributed by atoms with Gasteiger partial charge < -0.3 is 10.2 Å². The summed E-state index contributed by atoms with van der Waals surface area (Å²) in [5.41, 5.74) is 0. The number of piperidine rings is 1. The Morgan fingerprint density at radius 3 is 2.53 bits per heavy atom. The average molecular weight is 212 g/mol. The maximum absolute atomic E-state index is 11.7. The number of nitrogens with zero attached hydrogens (tertiary/aromatic N) is 1. The van der Waals surface area contributed by atoms with E-state index in [9.17, 15) is 4.79 Å². The number of carbonyl (C=O) groups is 1. The van der Waals surface area contributed by atoms with Gasteiger partial charge in [0.25, 0.3) is 0 Å². The van der Waals surface area contributed by atoms with Crippen LogP contribution in [0.2, 0.25) is 0 Å². The second-order valence-corrected chi connectivity index (χ2v) is 4.65. The quantitative estimate of drug-likeness (QED) is 0.705. The molecule has 1 rings (SSSR count). The van der Waals surface area contributed by atoms with Crippen molar-refractivity contribution >= 4 is 5.91 Å². The summed E-state index contributed by atoms with van der Waals surface area (Å²) in [7, 11) is 0. The van der Waals surface area contributed by atoms with Gasteiger partial charge in [0.2, 0.25) is 5.91 Å². The molecule has 0 aromatic carbocycles. The molecule has 0 aromatic heterocycles. The third-order valence-corrected chi connectivity index (χ3v) is 2.83. The van der Waals surface area contributed by atoms with Gasteiger partial charge >= 0.3 is 0 Å². The van der Waals surface area contributed by atoms with E-state index in [2.05, 4.69) is 19.2 Å². The van der Waals surface area contributed by atoms with Crippen LogP contribution in [0.1, 0.15) is 46.0 Å². The predicted octanol–water partition coefficient (Wildman–Crippen LogP) is 1.78. The van der Waals surface area contributed by atoms with Crippen molar-refractivity contribution in [3.05, 3.63) is 0 Å². The maximum atomic E-state index is 11.7. The Hall–Kier alpha value is -0.570. The van der Waals surface area contributed by atoms with Crippen molar-refractivity contribution in [1.29, 1.82) is 0 Å². The van der Waals surface area contributed by atoms with Crippen molar-refractivity contribution in [2.45, 2.75) is 52.0 Å². The molecule has 0 unspecified atom stereocenters. The second-order valence-electron chi connectivity index (χ2n) is 4.65. The summed E-state index contributed by atoms with van der Waals surface area (Å²) < 4.78 is 0. The van der Waals surface area contributed by atoms with Crippen LogP contribution in [-0.2, 0) is 4.79 Å². The molecule has 0 spiro atoms. The molecular formula is C12H24N2O. The summed E-state index contributed by atoms with van der Waals surface area (Å²) in [5.74, 6) is 0.347. The van der Waals surface area contributed by atoms with Gasteiger partial charge in [0.15, 0.2) is 0 Å². The lowest BCUT2D eigenvalue weighted by Gasteiger charge is -2.26. The van der Waals surface area contributed by atoms with Crippen LogP contribution in [0.4, 0.5) is 0 Å². The number of hydrogen-bond donors (Lipinski definition) is 1. The van der Waals surface area contributed by atoms with E-state index in [0.717, 1.165) is 26.1 Å². The lowest BCUT2D eigenvalue weighted by molar-refractivity contribution is -0.132. The highest BCUT2D eigenvalue weighted by Crippen LogP contribution is 2.10. The summed E-state index contributed by atoms with van der Waals surface area (Å²) in [6, 6.07) is 0.523. The van der Waals surface area contributed by atoms with Crippen LogP contribution in [0.25, 0.3) is 0 Å². The van der Waals surface area contributed by atoms with E-state index in [1.165, 1.54) is 19.3 Å². The first-order valence-electron chi connectivity index (χ1n) is 6.21. The van der Waals surface area contributed by atoms with E-state index in [4.69, 9.17) is 0 Å². The van der Waals surface area contributed by atoms with Gasteiger partial charge in [0.05, 0.1) is 0 Å². The first-order chi connectivity index (χ1) is 7.20. The number of amides is 1. The Kier molecular flexibility index (Phi) is 5.69. The molecule has 88 valence electrons. The van der Waals surface area contributed by atoms with Crippen molar-refractivity contribution in [1.82, 2.24) is 10.2 Å². The van der Waals surface area contributed by atoms with Crippen LogP contribution in [0.5, 0.6) is 0 Å². The van der Waals surface area contributed by atoms with Gasteiger partial charge in [-0.1, -0.05) is 13.8 Å². The molecule has 0 radical (unpaired) electrons. The first-order valence-corrected chi connectivity index (χ1v) is 6.21. The highest BCUT2D eigenvalue weighted by atomic mass is 16.2. The second kappa shape index (κ2) is 6.83. The predicted molar refractivity (Wildman–Crippen MR) is 62.8 cm³/mol. The minimum Gasteiger partial charge on any atom is -0.343 e. The molecule has 1 saturated heterocycles. The van der Waals surface area contributed by atoms with E-state index in [-0.39, 0.29) is 0 Å². The van der Waals surface area contributed by atoms with Gasteiger partial charge in [-0.3, -0.25) is 4.79 Å². The molecule has 3 nitrogen and oxygen atoms in total. The zero-order valence-corrected chi connectivity index (χ0v) is 10.1. The van der Waals surface area contributed by atoms with Crippen molar-refractivity contribution in [3.8, 4) is 0 Å². The summed E-state index contributed by atoms with van der Waals surface area (Å²) in [5, 5.41) is 3.33. The Morgan fingerprint density at radius 2 is 1.93 bits per heavy atom. The molecule has 0 bridgehead atoms. The Labute approximate surface area is 93.2 Å². The van der Waals surface area contributed by atoms with Gasteiger partial charge in [0.1, 0.15) is 0 Å². The zero-order valence-electron chi connectivity index (χ0n) is 10.1. The SMILES string of the molecule is CC(C)NCCCC(=O)N1CCCCC1. The normalized spacial score (nSPS) is 17.1. The molecule has 1 aliphatic rings. The van der Waals surface area contributed by atoms with Gasteiger partial charge in [-0.2, -0.15) is 0 Å². The summed E-state index contributed by atoms with van der Waals surface area (Å²) in [6.45, 7) is 7.18. The third-order valence-electron chi connectivity index (χ3n) is 2.83. The van der Waals surface area contributed by atoms with E-state index < -0.39 is 0 Å². The molecule has 0 aliphatic carbocycles. The fraction of sp³-hybridized carbons (Fsp3) is 0.917. The zero-order chi connectivity index (χ0) is 11.1. The van der Waals surface area contributed by atoms with E-state index in [0.29, 0.717) is 18.4 Å². The van der Waals surface area contributed by atoms with E-state index in [1.807, 2.05) is 4.90 Å². The van der Waals surface area contributed by atoms with Crippen LogP contribution >= 0.6 is 0 Å². The van der Waals surface area contributed by atoms with Crippen molar-refractivity contribution < 1.29 is 4.79 Å². The standard InChI is InChI=1S/C12H24N2O/c1-11(2)13-8-6-7-12(15)14-9-4-3-5-10-14/h11,13H,3-10H2,1-2H3. The molecular weight excluding hydrogens is 188 g/mol. The summed E-state index contributed by atoms with van der Waals surface area (Å²) in [4.78, 5) is 13.8. The first kappa shape index (κ1) is 12.5. The largest absolute Gasteiger partial charge is 0.343 e. The van der Waals surface area contributed by atoms with Crippen molar-refractivity contribution in [2.75, 3.05) is 19.6 Å². The number of likely N-dealkylation sites (tertiary alicyclic amines) is 1. The molecule has 1 aliphatic heterocycles. The molecule has 0 atom stereocenters. The topological polar surface area (TPSA) is 32.3 Å². The molecule has 1 fully saturated rings. The lowest BCUT2D eigenvalue weighted by Crippen LogP contribution is -2.36. The maximum Gasteiger partial charge on any atom is 0.222 e. The smallest absolute Gasteiger partial charge is 0.222 e. The van der Waals surface area contributed by atoms with Gasteiger partial charge in [-0.05, 0) is 32.2 Å². The van der Waals surface area contributed by atoms with Crippen LogP contribution in [0.15, 0.2) is 0 Å². The minimum atomic E-state index is 0.347. The molecule has 1 N–H and O–H groups in total. The van der Waals surface area contributed by atoms with Gasteiger partial charge in [0, 0.05) is 25.6 Å². The summed E-state index contributed by atoms with van der Waals surface area (Å²) >= 11 is 0. The molecule has 0 aromatic rings. The van der Waals surface area contributed by atoms with Crippen LogP contribution in [0.3, 0.4) is 0 Å². The Balaban J connectivity index is 2.07. The lowest BCUT2D eigenvalue weighted by atomic mass is 10.1. The highest BCUT2D eigenvalue weighted by molar-refractivity contribution is 5.76. The molecule has 0 saturated carbocycles. The van der Waals surface area contributed by atoms with Crippen LogP contribution in [0, 0.1) is 0 Å². The van der Waals surface area contributed by atoms with Crippen LogP contribution < -0.4 is 5.32 Å². The van der Waals surface area contributed by atoms with E-state index >= 15 is 0 Å². The molecule has 1 amide bonds. The molecule has 3 heteroatoms. The third kappa shape index (κ3) is 5.17. The highest BCUT2D eigenvalue weighted by Gasteiger charge is 2.15. The molecule has 1 heterocycles. The van der Waals surface area contributed by atoms with Crippen molar-refractivity contribution in [3.63, 3.8) is 0 Å².